The Hall–Kier alpha value is -1.04. The quantitative estimate of drug-likeness (QED) is 0.800. The molecule has 18 heavy (non-hydrogen) atoms. The number of benzene rings is 1. The van der Waals surface area contributed by atoms with Gasteiger partial charge < -0.3 is 16.2 Å². The maximum Gasteiger partial charge on any atom is 0.242 e. The van der Waals surface area contributed by atoms with Crippen molar-refractivity contribution in [1.29, 1.82) is 0 Å². The van der Waals surface area contributed by atoms with Crippen molar-refractivity contribution in [2.45, 2.75) is 17.2 Å². The number of rotatable bonds is 6. The third kappa shape index (κ3) is 2.85. The van der Waals surface area contributed by atoms with E-state index in [0.29, 0.717) is 11.7 Å². The van der Waals surface area contributed by atoms with E-state index < -0.39 is 11.4 Å². The molecule has 5 heteroatoms. The van der Waals surface area contributed by atoms with Crippen LogP contribution >= 0.6 is 11.8 Å². The Kier molecular flexibility index (Phi) is 4.27. The lowest BCUT2D eigenvalue weighted by Crippen LogP contribution is -2.49. The Bertz CT molecular complexity index is 409. The summed E-state index contributed by atoms with van der Waals surface area (Å²) in [6.45, 7) is 1.59. The fourth-order valence-corrected chi connectivity index (χ4v) is 3.00. The molecule has 0 aromatic heterocycles. The van der Waals surface area contributed by atoms with Crippen molar-refractivity contribution in [3.63, 3.8) is 0 Å². The lowest BCUT2D eigenvalue weighted by Gasteiger charge is -2.29. The van der Waals surface area contributed by atoms with Gasteiger partial charge >= 0.3 is 0 Å². The smallest absolute Gasteiger partial charge is 0.242 e. The minimum atomic E-state index is -1.07. The highest BCUT2D eigenvalue weighted by atomic mass is 32.2. The summed E-state index contributed by atoms with van der Waals surface area (Å²) in [4.78, 5) is 11.6. The highest BCUT2D eigenvalue weighted by Gasteiger charge is 2.34. The summed E-state index contributed by atoms with van der Waals surface area (Å²) in [7, 11) is 0. The van der Waals surface area contributed by atoms with Gasteiger partial charge in [-0.05, 0) is 17.7 Å². The van der Waals surface area contributed by atoms with Crippen molar-refractivity contribution in [3.8, 4) is 0 Å². The predicted molar refractivity (Wildman–Crippen MR) is 73.2 cm³/mol. The molecular weight excluding hydrogens is 248 g/mol. The van der Waals surface area contributed by atoms with Crippen LogP contribution < -0.4 is 11.5 Å². The second-order valence-corrected chi connectivity index (χ2v) is 5.89. The van der Waals surface area contributed by atoms with E-state index in [9.17, 15) is 4.79 Å². The summed E-state index contributed by atoms with van der Waals surface area (Å²) in [6, 6.07) is 9.33. The van der Waals surface area contributed by atoms with Gasteiger partial charge in [0.1, 0.15) is 5.54 Å². The molecule has 0 saturated carbocycles. The van der Waals surface area contributed by atoms with Crippen molar-refractivity contribution in [2.24, 2.45) is 11.5 Å². The van der Waals surface area contributed by atoms with Gasteiger partial charge in [0, 0.05) is 0 Å². The normalized spacial score (nSPS) is 18.9. The fraction of sp³-hybridized carbons (Fsp3) is 0.462. The lowest BCUT2D eigenvalue weighted by molar-refractivity contribution is -0.123. The van der Waals surface area contributed by atoms with Crippen LogP contribution in [0.15, 0.2) is 30.3 Å². The zero-order valence-corrected chi connectivity index (χ0v) is 11.0. The minimum Gasteiger partial charge on any atom is -0.379 e. The van der Waals surface area contributed by atoms with Crippen LogP contribution in [0.25, 0.3) is 0 Å². The van der Waals surface area contributed by atoms with Crippen molar-refractivity contribution >= 4 is 17.7 Å². The van der Waals surface area contributed by atoms with Gasteiger partial charge in [0.2, 0.25) is 5.91 Å². The molecule has 4 N–H and O–H groups in total. The van der Waals surface area contributed by atoms with Crippen LogP contribution in [0.3, 0.4) is 0 Å². The van der Waals surface area contributed by atoms with E-state index in [-0.39, 0.29) is 0 Å². The Balaban J connectivity index is 1.99. The second-order valence-electron chi connectivity index (χ2n) is 4.48. The molecule has 0 bridgehead atoms. The molecule has 1 aliphatic heterocycles. The van der Waals surface area contributed by atoms with Crippen LogP contribution in [0.5, 0.6) is 0 Å². The standard InChI is InChI=1S/C13H18N2O2S/c14-12(16)13(15,10-4-2-1-3-5-10)6-7-18-11-8-17-9-11/h1-5,11H,6-9,15H2,(H2,14,16). The highest BCUT2D eigenvalue weighted by Crippen LogP contribution is 2.27. The highest BCUT2D eigenvalue weighted by molar-refractivity contribution is 8.00. The molecule has 1 aromatic carbocycles. The first-order chi connectivity index (χ1) is 8.63. The zero-order chi connectivity index (χ0) is 13.0. The number of thioether (sulfide) groups is 1. The van der Waals surface area contributed by atoms with E-state index in [1.165, 1.54) is 0 Å². The number of nitrogens with two attached hydrogens (primary N) is 2. The summed E-state index contributed by atoms with van der Waals surface area (Å²) >= 11 is 1.79. The van der Waals surface area contributed by atoms with Gasteiger partial charge in [-0.3, -0.25) is 4.79 Å². The molecule has 1 atom stereocenters. The summed E-state index contributed by atoms with van der Waals surface area (Å²) in [5, 5.41) is 0.540. The molecular formula is C13H18N2O2S. The molecule has 0 aliphatic carbocycles. The number of carbonyl (C=O) groups is 1. The number of ether oxygens (including phenoxy) is 1. The van der Waals surface area contributed by atoms with E-state index in [0.717, 1.165) is 24.5 Å². The zero-order valence-electron chi connectivity index (χ0n) is 10.2. The predicted octanol–water partition coefficient (Wildman–Crippen LogP) is 0.848. The molecule has 1 aliphatic rings. The van der Waals surface area contributed by atoms with Gasteiger partial charge in [0.05, 0.1) is 18.5 Å². The molecule has 1 heterocycles. The topological polar surface area (TPSA) is 78.3 Å². The Morgan fingerprint density at radius 3 is 2.56 bits per heavy atom. The van der Waals surface area contributed by atoms with Gasteiger partial charge in [-0.15, -0.1) is 0 Å². The molecule has 98 valence electrons. The summed E-state index contributed by atoms with van der Waals surface area (Å²) < 4.78 is 5.11. The monoisotopic (exact) mass is 266 g/mol. The molecule has 1 unspecified atom stereocenters. The number of hydrogen-bond donors (Lipinski definition) is 2. The summed E-state index contributed by atoms with van der Waals surface area (Å²) in [5.74, 6) is 0.335. The molecule has 1 aromatic rings. The van der Waals surface area contributed by atoms with Crippen molar-refractivity contribution in [3.05, 3.63) is 35.9 Å². The van der Waals surface area contributed by atoms with Crippen LogP contribution in [0, 0.1) is 0 Å². The van der Waals surface area contributed by atoms with Crippen LogP contribution in [-0.2, 0) is 15.1 Å². The Labute approximate surface area is 111 Å². The van der Waals surface area contributed by atoms with E-state index in [1.807, 2.05) is 30.3 Å². The molecule has 4 nitrogen and oxygen atoms in total. The maximum atomic E-state index is 11.6. The van der Waals surface area contributed by atoms with Crippen LogP contribution in [-0.4, -0.2) is 30.1 Å². The van der Waals surface area contributed by atoms with E-state index >= 15 is 0 Å². The van der Waals surface area contributed by atoms with Crippen molar-refractivity contribution in [1.82, 2.24) is 0 Å². The Morgan fingerprint density at radius 2 is 2.06 bits per heavy atom. The van der Waals surface area contributed by atoms with E-state index in [4.69, 9.17) is 16.2 Å². The minimum absolute atomic E-state index is 0.473. The SMILES string of the molecule is NC(=O)C(N)(CCSC1COC1)c1ccccc1. The van der Waals surface area contributed by atoms with Gasteiger partial charge in [0.25, 0.3) is 0 Å². The molecule has 2 rings (SSSR count). The number of primary amides is 1. The van der Waals surface area contributed by atoms with Gasteiger partial charge in [-0.1, -0.05) is 30.3 Å². The van der Waals surface area contributed by atoms with Gasteiger partial charge in [-0.2, -0.15) is 11.8 Å². The van der Waals surface area contributed by atoms with Gasteiger partial charge in [-0.25, -0.2) is 0 Å². The van der Waals surface area contributed by atoms with Crippen LogP contribution in [0.2, 0.25) is 0 Å². The second kappa shape index (κ2) is 5.73. The van der Waals surface area contributed by atoms with Crippen LogP contribution in [0.1, 0.15) is 12.0 Å². The summed E-state index contributed by atoms with van der Waals surface area (Å²) in [5.41, 5.74) is 11.4. The number of amides is 1. The van der Waals surface area contributed by atoms with Crippen molar-refractivity contribution in [2.75, 3.05) is 19.0 Å². The maximum absolute atomic E-state index is 11.6. The molecule has 1 saturated heterocycles. The van der Waals surface area contributed by atoms with E-state index in [1.54, 1.807) is 11.8 Å². The molecule has 1 fully saturated rings. The first-order valence-corrected chi connectivity index (χ1v) is 7.01. The van der Waals surface area contributed by atoms with Gasteiger partial charge in [0.15, 0.2) is 0 Å². The van der Waals surface area contributed by atoms with Crippen molar-refractivity contribution < 1.29 is 9.53 Å². The Morgan fingerprint density at radius 1 is 1.39 bits per heavy atom. The summed E-state index contributed by atoms with van der Waals surface area (Å²) in [6.07, 6.45) is 0.549. The number of carbonyl (C=O) groups excluding carboxylic acids is 1. The first-order valence-electron chi connectivity index (χ1n) is 5.96. The molecule has 1 amide bonds. The lowest BCUT2D eigenvalue weighted by atomic mass is 9.88. The number of hydrogen-bond acceptors (Lipinski definition) is 4. The average molecular weight is 266 g/mol. The third-order valence-corrected chi connectivity index (χ3v) is 4.37. The largest absolute Gasteiger partial charge is 0.379 e. The van der Waals surface area contributed by atoms with E-state index in [2.05, 4.69) is 0 Å². The average Bonchev–Trinajstić information content (AvgIpc) is 2.33. The molecule has 0 spiro atoms. The third-order valence-electron chi connectivity index (χ3n) is 3.19. The first kappa shape index (κ1) is 13.4. The van der Waals surface area contributed by atoms with Crippen LogP contribution in [0.4, 0.5) is 0 Å². The molecule has 0 radical (unpaired) electrons. The fourth-order valence-electron chi connectivity index (χ4n) is 1.84.